The first-order chi connectivity index (χ1) is 10.5. The summed E-state index contributed by atoms with van der Waals surface area (Å²) in [5.74, 6) is -0.252. The fourth-order valence-electron chi connectivity index (χ4n) is 2.29. The van der Waals surface area contributed by atoms with Crippen LogP contribution in [0.2, 0.25) is 0 Å². The quantitative estimate of drug-likeness (QED) is 0.517. The molecule has 4 nitrogen and oxygen atoms in total. The molecule has 1 aromatic carbocycles. The first-order valence-corrected chi connectivity index (χ1v) is 7.45. The molecule has 0 unspecified atom stereocenters. The molecule has 22 heavy (non-hydrogen) atoms. The second-order valence-corrected chi connectivity index (χ2v) is 5.28. The second kappa shape index (κ2) is 7.17. The molecule has 2 aromatic rings. The molecule has 0 radical (unpaired) electrons. The van der Waals surface area contributed by atoms with Crippen LogP contribution in [0.5, 0.6) is 0 Å². The van der Waals surface area contributed by atoms with Crippen molar-refractivity contribution in [1.29, 1.82) is 0 Å². The SMILES string of the molecule is CCNC(=S)NN=Cc1cc(C)n(-c2cccc(F)c2)c1C. The van der Waals surface area contributed by atoms with E-state index < -0.39 is 0 Å². The van der Waals surface area contributed by atoms with Gasteiger partial charge in [0.1, 0.15) is 5.82 Å². The van der Waals surface area contributed by atoms with Gasteiger partial charge in [-0.05, 0) is 57.3 Å². The summed E-state index contributed by atoms with van der Waals surface area (Å²) < 4.78 is 15.4. The summed E-state index contributed by atoms with van der Waals surface area (Å²) in [6.45, 7) is 6.66. The molecular formula is C16H19FN4S. The Morgan fingerprint density at radius 1 is 1.36 bits per heavy atom. The van der Waals surface area contributed by atoms with Crippen molar-refractivity contribution in [2.75, 3.05) is 6.54 Å². The van der Waals surface area contributed by atoms with Crippen molar-refractivity contribution in [3.05, 3.63) is 53.1 Å². The number of rotatable bonds is 4. The van der Waals surface area contributed by atoms with E-state index in [0.717, 1.165) is 29.2 Å². The average Bonchev–Trinajstić information content (AvgIpc) is 2.74. The Balaban J connectivity index is 2.24. The summed E-state index contributed by atoms with van der Waals surface area (Å²) in [7, 11) is 0. The molecule has 1 heterocycles. The minimum Gasteiger partial charge on any atom is -0.362 e. The maximum Gasteiger partial charge on any atom is 0.186 e. The molecule has 0 amide bonds. The number of hydrogen-bond donors (Lipinski definition) is 2. The van der Waals surface area contributed by atoms with Crippen LogP contribution in [0.15, 0.2) is 35.4 Å². The van der Waals surface area contributed by atoms with Crippen LogP contribution < -0.4 is 10.7 Å². The van der Waals surface area contributed by atoms with Crippen LogP contribution in [0.25, 0.3) is 5.69 Å². The van der Waals surface area contributed by atoms with Crippen molar-refractivity contribution in [2.45, 2.75) is 20.8 Å². The van der Waals surface area contributed by atoms with E-state index in [4.69, 9.17) is 12.2 Å². The zero-order valence-electron chi connectivity index (χ0n) is 12.9. The van der Waals surface area contributed by atoms with Crippen LogP contribution in [0.3, 0.4) is 0 Å². The molecule has 6 heteroatoms. The van der Waals surface area contributed by atoms with E-state index >= 15 is 0 Å². The van der Waals surface area contributed by atoms with Crippen LogP contribution >= 0.6 is 12.2 Å². The molecule has 2 rings (SSSR count). The summed E-state index contributed by atoms with van der Waals surface area (Å²) in [6.07, 6.45) is 1.71. The molecule has 0 aliphatic rings. The van der Waals surface area contributed by atoms with Crippen molar-refractivity contribution in [3.8, 4) is 5.69 Å². The van der Waals surface area contributed by atoms with Crippen molar-refractivity contribution in [2.24, 2.45) is 5.10 Å². The third-order valence-electron chi connectivity index (χ3n) is 3.24. The molecule has 0 saturated heterocycles. The summed E-state index contributed by atoms with van der Waals surface area (Å²) >= 11 is 5.04. The van der Waals surface area contributed by atoms with Gasteiger partial charge in [0.15, 0.2) is 5.11 Å². The third kappa shape index (κ3) is 3.71. The van der Waals surface area contributed by atoms with Crippen LogP contribution in [0.1, 0.15) is 23.9 Å². The van der Waals surface area contributed by atoms with Gasteiger partial charge in [0.05, 0.1) is 6.21 Å². The number of halogens is 1. The molecule has 0 fully saturated rings. The van der Waals surface area contributed by atoms with Crippen LogP contribution in [0.4, 0.5) is 4.39 Å². The van der Waals surface area contributed by atoms with E-state index in [1.165, 1.54) is 12.1 Å². The zero-order valence-corrected chi connectivity index (χ0v) is 13.7. The minimum absolute atomic E-state index is 0.252. The summed E-state index contributed by atoms with van der Waals surface area (Å²) in [6, 6.07) is 8.53. The molecule has 0 atom stereocenters. The molecule has 0 aliphatic heterocycles. The van der Waals surface area contributed by atoms with Gasteiger partial charge in [-0.15, -0.1) is 0 Å². The molecule has 0 spiro atoms. The van der Waals surface area contributed by atoms with E-state index in [2.05, 4.69) is 15.8 Å². The van der Waals surface area contributed by atoms with Crippen LogP contribution in [-0.2, 0) is 0 Å². The van der Waals surface area contributed by atoms with Crippen molar-refractivity contribution < 1.29 is 4.39 Å². The number of nitrogens with zero attached hydrogens (tertiary/aromatic N) is 2. The topological polar surface area (TPSA) is 41.4 Å². The predicted molar refractivity (Wildman–Crippen MR) is 92.2 cm³/mol. The van der Waals surface area contributed by atoms with E-state index in [-0.39, 0.29) is 5.82 Å². The van der Waals surface area contributed by atoms with Gasteiger partial charge in [-0.2, -0.15) is 5.10 Å². The lowest BCUT2D eigenvalue weighted by Gasteiger charge is -2.09. The van der Waals surface area contributed by atoms with E-state index in [1.54, 1.807) is 12.3 Å². The van der Waals surface area contributed by atoms with E-state index in [9.17, 15) is 4.39 Å². The van der Waals surface area contributed by atoms with Gasteiger partial charge in [0.25, 0.3) is 0 Å². The highest BCUT2D eigenvalue weighted by molar-refractivity contribution is 7.80. The van der Waals surface area contributed by atoms with Gasteiger partial charge in [-0.1, -0.05) is 6.07 Å². The maximum absolute atomic E-state index is 13.4. The van der Waals surface area contributed by atoms with E-state index in [0.29, 0.717) is 5.11 Å². The number of hydrazone groups is 1. The Morgan fingerprint density at radius 3 is 2.82 bits per heavy atom. The van der Waals surface area contributed by atoms with Gasteiger partial charge in [0.2, 0.25) is 0 Å². The fourth-order valence-corrected chi connectivity index (χ4v) is 2.49. The smallest absolute Gasteiger partial charge is 0.186 e. The van der Waals surface area contributed by atoms with Crippen molar-refractivity contribution >= 4 is 23.5 Å². The van der Waals surface area contributed by atoms with Crippen LogP contribution in [-0.4, -0.2) is 22.4 Å². The lowest BCUT2D eigenvalue weighted by Crippen LogP contribution is -2.31. The van der Waals surface area contributed by atoms with Gasteiger partial charge < -0.3 is 9.88 Å². The Kier molecular flexibility index (Phi) is 5.27. The molecular weight excluding hydrogens is 299 g/mol. The Bertz CT molecular complexity index is 706. The number of nitrogens with one attached hydrogen (secondary N) is 2. The Morgan fingerprint density at radius 2 is 2.14 bits per heavy atom. The standard InChI is InChI=1S/C16H19FN4S/c1-4-18-16(22)20-19-10-13-8-11(2)21(12(13)3)15-7-5-6-14(17)9-15/h5-10H,4H2,1-3H3,(H2,18,20,22). The highest BCUT2D eigenvalue weighted by Gasteiger charge is 2.09. The van der Waals surface area contributed by atoms with Gasteiger partial charge in [-0.3, -0.25) is 5.43 Å². The van der Waals surface area contributed by atoms with Crippen molar-refractivity contribution in [3.63, 3.8) is 0 Å². The first kappa shape index (κ1) is 16.2. The monoisotopic (exact) mass is 318 g/mol. The van der Waals surface area contributed by atoms with Crippen molar-refractivity contribution in [1.82, 2.24) is 15.3 Å². The second-order valence-electron chi connectivity index (χ2n) is 4.87. The first-order valence-electron chi connectivity index (χ1n) is 7.04. The van der Waals surface area contributed by atoms with Gasteiger partial charge >= 0.3 is 0 Å². The normalized spacial score (nSPS) is 10.9. The zero-order chi connectivity index (χ0) is 16.1. The fraction of sp³-hybridized carbons (Fsp3) is 0.250. The molecule has 2 N–H and O–H groups in total. The third-order valence-corrected chi connectivity index (χ3v) is 3.48. The van der Waals surface area contributed by atoms with Gasteiger partial charge in [-0.25, -0.2) is 4.39 Å². The number of aryl methyl sites for hydroxylation is 1. The number of hydrogen-bond acceptors (Lipinski definition) is 2. The lowest BCUT2D eigenvalue weighted by molar-refractivity contribution is 0.626. The molecule has 116 valence electrons. The highest BCUT2D eigenvalue weighted by Crippen LogP contribution is 2.20. The van der Waals surface area contributed by atoms with Crippen LogP contribution in [0, 0.1) is 19.7 Å². The van der Waals surface area contributed by atoms with Gasteiger partial charge in [0, 0.05) is 29.2 Å². The predicted octanol–water partition coefficient (Wildman–Crippen LogP) is 3.05. The number of aromatic nitrogens is 1. The number of benzene rings is 1. The minimum atomic E-state index is -0.252. The Hall–Kier alpha value is -2.21. The molecule has 1 aromatic heterocycles. The average molecular weight is 318 g/mol. The maximum atomic E-state index is 13.4. The molecule has 0 saturated carbocycles. The molecule has 0 aliphatic carbocycles. The van der Waals surface area contributed by atoms with E-state index in [1.807, 2.05) is 37.5 Å². The number of thiocarbonyl (C=S) groups is 1. The highest BCUT2D eigenvalue weighted by atomic mass is 32.1. The summed E-state index contributed by atoms with van der Waals surface area (Å²) in [5.41, 5.74) is 6.51. The Labute approximate surface area is 135 Å². The lowest BCUT2D eigenvalue weighted by atomic mass is 10.2. The molecule has 0 bridgehead atoms. The summed E-state index contributed by atoms with van der Waals surface area (Å²) in [4.78, 5) is 0. The largest absolute Gasteiger partial charge is 0.362 e. The summed E-state index contributed by atoms with van der Waals surface area (Å²) in [5, 5.41) is 7.56.